The lowest BCUT2D eigenvalue weighted by Gasteiger charge is -2.15. The second-order valence-corrected chi connectivity index (χ2v) is 9.03. The average molecular weight is 453 g/mol. The molecule has 0 saturated heterocycles. The molecule has 1 atom stereocenters. The zero-order chi connectivity index (χ0) is 23.3. The smallest absolute Gasteiger partial charge is 0.338 e. The summed E-state index contributed by atoms with van der Waals surface area (Å²) in [5, 5.41) is 2.72. The summed E-state index contributed by atoms with van der Waals surface area (Å²) in [6, 6.07) is 19.5. The van der Waals surface area contributed by atoms with E-state index in [2.05, 4.69) is 10.0 Å². The Hall–Kier alpha value is -3.65. The summed E-state index contributed by atoms with van der Waals surface area (Å²) in [6.07, 6.45) is -1.03. The zero-order valence-electron chi connectivity index (χ0n) is 18.0. The van der Waals surface area contributed by atoms with Crippen LogP contribution in [-0.4, -0.2) is 26.4 Å². The highest BCUT2D eigenvalue weighted by Gasteiger charge is 2.21. The highest BCUT2D eigenvalue weighted by Crippen LogP contribution is 2.18. The van der Waals surface area contributed by atoms with Gasteiger partial charge in [-0.05, 0) is 68.8 Å². The molecule has 1 amide bonds. The number of nitrogens with one attached hydrogen (secondary N) is 2. The van der Waals surface area contributed by atoms with E-state index in [4.69, 9.17) is 4.74 Å². The lowest BCUT2D eigenvalue weighted by molar-refractivity contribution is -0.123. The van der Waals surface area contributed by atoms with Gasteiger partial charge in [-0.1, -0.05) is 35.9 Å². The Bertz CT molecular complexity index is 1220. The summed E-state index contributed by atoms with van der Waals surface area (Å²) in [6.45, 7) is 5.23. The van der Waals surface area contributed by atoms with Crippen molar-refractivity contribution in [3.05, 3.63) is 89.5 Å². The van der Waals surface area contributed by atoms with Gasteiger partial charge in [0.25, 0.3) is 15.9 Å². The number of para-hydroxylation sites is 1. The van der Waals surface area contributed by atoms with Crippen molar-refractivity contribution in [2.75, 3.05) is 10.0 Å². The average Bonchev–Trinajstić information content (AvgIpc) is 2.76. The number of aryl methyl sites for hydroxylation is 2. The summed E-state index contributed by atoms with van der Waals surface area (Å²) in [4.78, 5) is 24.7. The molecule has 8 heteroatoms. The highest BCUT2D eigenvalue weighted by molar-refractivity contribution is 7.92. The Morgan fingerprint density at radius 3 is 2.12 bits per heavy atom. The molecule has 0 aromatic heterocycles. The summed E-state index contributed by atoms with van der Waals surface area (Å²) < 4.78 is 32.8. The lowest BCUT2D eigenvalue weighted by Crippen LogP contribution is -2.30. The van der Waals surface area contributed by atoms with Crippen molar-refractivity contribution in [2.45, 2.75) is 31.8 Å². The van der Waals surface area contributed by atoms with Crippen LogP contribution in [0.2, 0.25) is 0 Å². The van der Waals surface area contributed by atoms with Crippen LogP contribution in [0.15, 0.2) is 77.7 Å². The highest BCUT2D eigenvalue weighted by atomic mass is 32.2. The van der Waals surface area contributed by atoms with Gasteiger partial charge in [0.2, 0.25) is 0 Å². The van der Waals surface area contributed by atoms with Crippen LogP contribution in [0.25, 0.3) is 0 Å². The second kappa shape index (κ2) is 9.65. The fourth-order valence-corrected chi connectivity index (χ4v) is 3.89. The van der Waals surface area contributed by atoms with Crippen LogP contribution in [0.3, 0.4) is 0 Å². The summed E-state index contributed by atoms with van der Waals surface area (Å²) >= 11 is 0. The molecule has 0 aliphatic carbocycles. The van der Waals surface area contributed by atoms with Gasteiger partial charge in [-0.3, -0.25) is 9.52 Å². The molecule has 0 saturated carbocycles. The molecule has 166 valence electrons. The zero-order valence-corrected chi connectivity index (χ0v) is 18.8. The van der Waals surface area contributed by atoms with Crippen LogP contribution in [0.5, 0.6) is 0 Å². The molecule has 0 spiro atoms. The molecule has 0 aliphatic rings. The van der Waals surface area contributed by atoms with Crippen LogP contribution < -0.4 is 10.0 Å². The first-order valence-electron chi connectivity index (χ1n) is 9.93. The van der Waals surface area contributed by atoms with E-state index in [-0.39, 0.29) is 10.5 Å². The Morgan fingerprint density at radius 1 is 0.875 bits per heavy atom. The molecule has 3 aromatic carbocycles. The van der Waals surface area contributed by atoms with E-state index in [0.717, 1.165) is 11.1 Å². The number of anilines is 2. The van der Waals surface area contributed by atoms with Gasteiger partial charge in [0.1, 0.15) is 0 Å². The van der Waals surface area contributed by atoms with Crippen LogP contribution in [0, 0.1) is 13.8 Å². The first-order chi connectivity index (χ1) is 15.2. The summed E-state index contributed by atoms with van der Waals surface area (Å²) in [7, 11) is -3.81. The Morgan fingerprint density at radius 2 is 1.50 bits per heavy atom. The second-order valence-electron chi connectivity index (χ2n) is 7.35. The van der Waals surface area contributed by atoms with Gasteiger partial charge in [0.15, 0.2) is 6.10 Å². The van der Waals surface area contributed by atoms with Gasteiger partial charge >= 0.3 is 5.97 Å². The van der Waals surface area contributed by atoms with E-state index in [0.29, 0.717) is 11.4 Å². The third-order valence-electron chi connectivity index (χ3n) is 4.76. The number of carbonyl (C=O) groups excluding carboxylic acids is 2. The predicted octanol–water partition coefficient (Wildman–Crippen LogP) is 4.29. The van der Waals surface area contributed by atoms with Gasteiger partial charge in [-0.25, -0.2) is 13.2 Å². The number of hydrogen-bond donors (Lipinski definition) is 2. The van der Waals surface area contributed by atoms with E-state index in [1.807, 2.05) is 26.0 Å². The Labute approximate surface area is 187 Å². The van der Waals surface area contributed by atoms with E-state index in [1.165, 1.54) is 31.2 Å². The molecule has 3 aromatic rings. The maximum absolute atomic E-state index is 12.6. The number of rotatable bonds is 7. The molecule has 0 fully saturated rings. The molecule has 32 heavy (non-hydrogen) atoms. The summed E-state index contributed by atoms with van der Waals surface area (Å²) in [5.41, 5.74) is 3.10. The van der Waals surface area contributed by atoms with Gasteiger partial charge < -0.3 is 10.1 Å². The number of ether oxygens (including phenoxy) is 1. The fraction of sp³-hybridized carbons (Fsp3) is 0.167. The molecule has 0 bridgehead atoms. The molecule has 7 nitrogen and oxygen atoms in total. The van der Waals surface area contributed by atoms with E-state index >= 15 is 0 Å². The van der Waals surface area contributed by atoms with Crippen molar-refractivity contribution in [1.29, 1.82) is 0 Å². The Kier molecular flexibility index (Phi) is 6.95. The molecule has 0 heterocycles. The Balaban J connectivity index is 1.63. The largest absolute Gasteiger partial charge is 0.449 e. The van der Waals surface area contributed by atoms with E-state index in [1.54, 1.807) is 36.4 Å². The molecule has 0 radical (unpaired) electrons. The minimum Gasteiger partial charge on any atom is -0.449 e. The van der Waals surface area contributed by atoms with Crippen molar-refractivity contribution < 1.29 is 22.7 Å². The molecule has 3 rings (SSSR count). The quantitative estimate of drug-likeness (QED) is 0.521. The fourth-order valence-electron chi connectivity index (χ4n) is 2.84. The van der Waals surface area contributed by atoms with Gasteiger partial charge in [-0.2, -0.15) is 0 Å². The first-order valence-corrected chi connectivity index (χ1v) is 11.4. The van der Waals surface area contributed by atoms with Crippen molar-refractivity contribution in [2.24, 2.45) is 0 Å². The SMILES string of the molecule is Cc1ccc(NS(=O)(=O)c2ccc(C(=O)OC(C)C(=O)Nc3ccccc3C)cc2)cc1. The minimum absolute atomic E-state index is 0.0000284. The third kappa shape index (κ3) is 5.73. The standard InChI is InChI=1S/C24H24N2O5S/c1-16-8-12-20(13-9-16)26-32(29,30)21-14-10-19(11-15-21)24(28)31-18(3)23(27)25-22-7-5-4-6-17(22)2/h4-15,18,26H,1-3H3,(H,25,27). The van der Waals surface area contributed by atoms with Crippen LogP contribution in [0.1, 0.15) is 28.4 Å². The van der Waals surface area contributed by atoms with Gasteiger partial charge in [0.05, 0.1) is 10.5 Å². The molecular weight excluding hydrogens is 428 g/mol. The monoisotopic (exact) mass is 452 g/mol. The van der Waals surface area contributed by atoms with Crippen LogP contribution >= 0.6 is 0 Å². The van der Waals surface area contributed by atoms with Crippen molar-refractivity contribution in [3.8, 4) is 0 Å². The number of sulfonamides is 1. The van der Waals surface area contributed by atoms with Crippen molar-refractivity contribution in [1.82, 2.24) is 0 Å². The summed E-state index contributed by atoms with van der Waals surface area (Å²) in [5.74, 6) is -1.19. The van der Waals surface area contributed by atoms with Crippen molar-refractivity contribution in [3.63, 3.8) is 0 Å². The number of esters is 1. The van der Waals surface area contributed by atoms with Crippen LogP contribution in [0.4, 0.5) is 11.4 Å². The predicted molar refractivity (Wildman–Crippen MR) is 123 cm³/mol. The van der Waals surface area contributed by atoms with E-state index in [9.17, 15) is 18.0 Å². The van der Waals surface area contributed by atoms with Crippen molar-refractivity contribution >= 4 is 33.3 Å². The van der Waals surface area contributed by atoms with Crippen LogP contribution in [-0.2, 0) is 19.6 Å². The third-order valence-corrected chi connectivity index (χ3v) is 6.16. The first kappa shape index (κ1) is 23.0. The van der Waals surface area contributed by atoms with Gasteiger partial charge in [-0.15, -0.1) is 0 Å². The number of benzene rings is 3. The molecule has 0 aliphatic heterocycles. The van der Waals surface area contributed by atoms with E-state index < -0.39 is 28.0 Å². The molecule has 2 N–H and O–H groups in total. The number of hydrogen-bond acceptors (Lipinski definition) is 5. The number of amides is 1. The topological polar surface area (TPSA) is 102 Å². The molecular formula is C24H24N2O5S. The maximum atomic E-state index is 12.6. The normalized spacial score (nSPS) is 12.0. The number of carbonyl (C=O) groups is 2. The molecule has 1 unspecified atom stereocenters. The van der Waals surface area contributed by atoms with Gasteiger partial charge in [0, 0.05) is 11.4 Å². The maximum Gasteiger partial charge on any atom is 0.338 e. The lowest BCUT2D eigenvalue weighted by atomic mass is 10.2. The minimum atomic E-state index is -3.81.